The molecule has 0 spiro atoms. The Bertz CT molecular complexity index is 400. The van der Waals surface area contributed by atoms with Crippen LogP contribution in [0, 0.1) is 0 Å². The van der Waals surface area contributed by atoms with Gasteiger partial charge in [-0.3, -0.25) is 0 Å². The van der Waals surface area contributed by atoms with Crippen molar-refractivity contribution < 1.29 is 14.3 Å². The van der Waals surface area contributed by atoms with Crippen molar-refractivity contribution in [3.8, 4) is 0 Å². The van der Waals surface area contributed by atoms with Gasteiger partial charge < -0.3 is 14.8 Å². The van der Waals surface area contributed by atoms with Crippen LogP contribution in [-0.4, -0.2) is 17.6 Å². The van der Waals surface area contributed by atoms with Crippen LogP contribution in [0.5, 0.6) is 0 Å². The lowest BCUT2D eigenvalue weighted by Crippen LogP contribution is -2.19. The molecule has 1 aromatic heterocycles. The minimum Gasteiger partial charge on any atom is -0.475 e. The van der Waals surface area contributed by atoms with Crippen LogP contribution in [0.15, 0.2) is 16.5 Å². The molecule has 120 valence electrons. The molecule has 2 N–H and O–H groups in total. The van der Waals surface area contributed by atoms with Crippen LogP contribution in [0.1, 0.15) is 87.6 Å². The summed E-state index contributed by atoms with van der Waals surface area (Å²) >= 11 is 0. The Morgan fingerprint density at radius 3 is 2.33 bits per heavy atom. The van der Waals surface area contributed by atoms with Crippen LogP contribution in [0.25, 0.3) is 0 Å². The SMILES string of the molecule is CCCCCCCCCCNC(C)c1ccc(C(=O)O)o1. The minimum absolute atomic E-state index is 0.00530. The van der Waals surface area contributed by atoms with Gasteiger partial charge >= 0.3 is 5.97 Å². The van der Waals surface area contributed by atoms with Gasteiger partial charge in [-0.1, -0.05) is 51.9 Å². The van der Waals surface area contributed by atoms with Crippen LogP contribution in [0.4, 0.5) is 0 Å². The van der Waals surface area contributed by atoms with Gasteiger partial charge in [-0.25, -0.2) is 4.79 Å². The molecule has 4 heteroatoms. The second-order valence-electron chi connectivity index (χ2n) is 5.66. The van der Waals surface area contributed by atoms with Crippen molar-refractivity contribution in [2.75, 3.05) is 6.54 Å². The van der Waals surface area contributed by atoms with E-state index in [1.165, 1.54) is 51.0 Å². The molecule has 21 heavy (non-hydrogen) atoms. The highest BCUT2D eigenvalue weighted by atomic mass is 16.4. The first-order valence-electron chi connectivity index (χ1n) is 8.21. The molecule has 0 aliphatic rings. The number of hydrogen-bond donors (Lipinski definition) is 2. The standard InChI is InChI=1S/C17H29NO3/c1-3-4-5-6-7-8-9-10-13-18-14(2)15-11-12-16(21-15)17(19)20/h11-12,14,18H,3-10,13H2,1-2H3,(H,19,20). The van der Waals surface area contributed by atoms with Crippen LogP contribution in [-0.2, 0) is 0 Å². The van der Waals surface area contributed by atoms with E-state index in [4.69, 9.17) is 9.52 Å². The zero-order valence-corrected chi connectivity index (χ0v) is 13.4. The first kappa shape index (κ1) is 17.8. The van der Waals surface area contributed by atoms with Gasteiger partial charge in [0.25, 0.3) is 0 Å². The van der Waals surface area contributed by atoms with Crippen LogP contribution in [0.3, 0.4) is 0 Å². The molecule has 0 aliphatic heterocycles. The number of unbranched alkanes of at least 4 members (excludes halogenated alkanes) is 7. The monoisotopic (exact) mass is 295 g/mol. The Morgan fingerprint density at radius 1 is 1.14 bits per heavy atom. The molecule has 0 bridgehead atoms. The summed E-state index contributed by atoms with van der Waals surface area (Å²) in [4.78, 5) is 10.7. The topological polar surface area (TPSA) is 62.5 Å². The fourth-order valence-corrected chi connectivity index (χ4v) is 2.38. The Kier molecular flexibility index (Phi) is 8.83. The second kappa shape index (κ2) is 10.4. The largest absolute Gasteiger partial charge is 0.475 e. The van der Waals surface area contributed by atoms with Gasteiger partial charge in [0, 0.05) is 0 Å². The van der Waals surface area contributed by atoms with Gasteiger partial charge in [0.1, 0.15) is 5.76 Å². The third-order valence-corrected chi connectivity index (χ3v) is 3.75. The summed E-state index contributed by atoms with van der Waals surface area (Å²) in [6, 6.07) is 3.30. The molecule has 1 heterocycles. The number of carboxylic acid groups (broad SMARTS) is 1. The van der Waals surface area contributed by atoms with E-state index in [0.717, 1.165) is 13.0 Å². The fourth-order valence-electron chi connectivity index (χ4n) is 2.38. The molecule has 0 radical (unpaired) electrons. The maximum absolute atomic E-state index is 10.7. The Hall–Kier alpha value is -1.29. The maximum atomic E-state index is 10.7. The van der Waals surface area contributed by atoms with E-state index in [2.05, 4.69) is 12.2 Å². The van der Waals surface area contributed by atoms with Gasteiger partial charge in [0.15, 0.2) is 0 Å². The molecule has 0 amide bonds. The Balaban J connectivity index is 2.05. The molecule has 0 fully saturated rings. The quantitative estimate of drug-likeness (QED) is 0.545. The fraction of sp³-hybridized carbons (Fsp3) is 0.706. The number of carbonyl (C=O) groups is 1. The summed E-state index contributed by atoms with van der Waals surface area (Å²) in [5, 5.41) is 12.2. The molecular formula is C17H29NO3. The van der Waals surface area contributed by atoms with Crippen molar-refractivity contribution >= 4 is 5.97 Å². The normalized spacial score (nSPS) is 12.5. The molecule has 1 unspecified atom stereocenters. The predicted molar refractivity (Wildman–Crippen MR) is 84.7 cm³/mol. The minimum atomic E-state index is -1.02. The summed E-state index contributed by atoms with van der Waals surface area (Å²) in [5.74, 6) is -0.325. The number of nitrogens with one attached hydrogen (secondary N) is 1. The van der Waals surface area contributed by atoms with Crippen molar-refractivity contribution in [3.05, 3.63) is 23.7 Å². The van der Waals surface area contributed by atoms with Gasteiger partial charge in [0.2, 0.25) is 5.76 Å². The Morgan fingerprint density at radius 2 is 1.76 bits per heavy atom. The summed E-state index contributed by atoms with van der Waals surface area (Å²) < 4.78 is 5.28. The zero-order chi connectivity index (χ0) is 15.5. The molecule has 0 aliphatic carbocycles. The lowest BCUT2D eigenvalue weighted by Gasteiger charge is -2.11. The van der Waals surface area contributed by atoms with Crippen LogP contribution in [0.2, 0.25) is 0 Å². The summed E-state index contributed by atoms with van der Waals surface area (Å²) in [6.07, 6.45) is 10.5. The summed E-state index contributed by atoms with van der Waals surface area (Å²) in [5.41, 5.74) is 0. The van der Waals surface area contributed by atoms with Crippen molar-refractivity contribution in [1.29, 1.82) is 0 Å². The molecule has 1 aromatic rings. The lowest BCUT2D eigenvalue weighted by atomic mass is 10.1. The van der Waals surface area contributed by atoms with Crippen molar-refractivity contribution in [2.24, 2.45) is 0 Å². The molecule has 1 atom stereocenters. The molecule has 0 aromatic carbocycles. The van der Waals surface area contributed by atoms with E-state index < -0.39 is 5.97 Å². The first-order valence-corrected chi connectivity index (χ1v) is 8.21. The molecule has 4 nitrogen and oxygen atoms in total. The average molecular weight is 295 g/mol. The van der Waals surface area contributed by atoms with E-state index in [-0.39, 0.29) is 11.8 Å². The molecule has 0 saturated heterocycles. The number of carboxylic acids is 1. The molecule has 1 rings (SSSR count). The van der Waals surface area contributed by atoms with Gasteiger partial charge in [0.05, 0.1) is 6.04 Å². The van der Waals surface area contributed by atoms with Gasteiger partial charge in [-0.15, -0.1) is 0 Å². The zero-order valence-electron chi connectivity index (χ0n) is 13.4. The number of hydrogen-bond acceptors (Lipinski definition) is 3. The van der Waals surface area contributed by atoms with Crippen molar-refractivity contribution in [3.63, 3.8) is 0 Å². The summed E-state index contributed by atoms with van der Waals surface area (Å²) in [7, 11) is 0. The van der Waals surface area contributed by atoms with Gasteiger partial charge in [-0.05, 0) is 32.0 Å². The molecule has 0 saturated carbocycles. The first-order chi connectivity index (χ1) is 10.1. The number of furan rings is 1. The third-order valence-electron chi connectivity index (χ3n) is 3.75. The molecular weight excluding hydrogens is 266 g/mol. The average Bonchev–Trinajstić information content (AvgIpc) is 2.95. The number of rotatable bonds is 12. The van der Waals surface area contributed by atoms with E-state index in [1.807, 2.05) is 6.92 Å². The number of aromatic carboxylic acids is 1. The highest BCUT2D eigenvalue weighted by Crippen LogP contribution is 2.16. The van der Waals surface area contributed by atoms with Crippen LogP contribution < -0.4 is 5.32 Å². The van der Waals surface area contributed by atoms with E-state index in [9.17, 15) is 4.79 Å². The van der Waals surface area contributed by atoms with E-state index in [0.29, 0.717) is 5.76 Å². The summed E-state index contributed by atoms with van der Waals surface area (Å²) in [6.45, 7) is 5.18. The van der Waals surface area contributed by atoms with Crippen LogP contribution >= 0.6 is 0 Å². The highest BCUT2D eigenvalue weighted by Gasteiger charge is 2.13. The van der Waals surface area contributed by atoms with Crippen molar-refractivity contribution in [1.82, 2.24) is 5.32 Å². The highest BCUT2D eigenvalue weighted by molar-refractivity contribution is 5.84. The van der Waals surface area contributed by atoms with E-state index >= 15 is 0 Å². The van der Waals surface area contributed by atoms with Gasteiger partial charge in [-0.2, -0.15) is 0 Å². The third kappa shape index (κ3) is 7.32. The van der Waals surface area contributed by atoms with Crippen molar-refractivity contribution in [2.45, 2.75) is 71.3 Å². The Labute approximate surface area is 127 Å². The second-order valence-corrected chi connectivity index (χ2v) is 5.66. The predicted octanol–water partition coefficient (Wildman–Crippen LogP) is 4.77. The smallest absolute Gasteiger partial charge is 0.371 e. The lowest BCUT2D eigenvalue weighted by molar-refractivity contribution is 0.0659. The maximum Gasteiger partial charge on any atom is 0.371 e. The van der Waals surface area contributed by atoms with E-state index in [1.54, 1.807) is 6.07 Å².